The molecule has 0 spiro atoms. The molecule has 0 unspecified atom stereocenters. The van der Waals surface area contributed by atoms with Crippen LogP contribution in [0.3, 0.4) is 0 Å². The van der Waals surface area contributed by atoms with Gasteiger partial charge in [-0.25, -0.2) is 9.97 Å². The van der Waals surface area contributed by atoms with E-state index in [4.69, 9.17) is 11.6 Å². The molecule has 0 radical (unpaired) electrons. The predicted octanol–water partition coefficient (Wildman–Crippen LogP) is 4.42. The van der Waals surface area contributed by atoms with Crippen LogP contribution in [0.4, 0.5) is 0 Å². The second kappa shape index (κ2) is 6.90. The number of hydrogen-bond acceptors (Lipinski definition) is 5. The molecule has 0 aliphatic rings. The van der Waals surface area contributed by atoms with Gasteiger partial charge in [-0.3, -0.25) is 9.78 Å². The fraction of sp³-hybridized carbons (Fsp3) is 0.0526. The number of aromatic nitrogens is 4. The molecule has 0 bridgehead atoms. The number of benzene rings is 1. The maximum Gasteiger partial charge on any atom is 0.257 e. The van der Waals surface area contributed by atoms with Crippen molar-refractivity contribution >= 4 is 34.4 Å². The van der Waals surface area contributed by atoms with Gasteiger partial charge in [0, 0.05) is 45.7 Å². The standard InChI is InChI=1S/C19H13ClN4OS/c1-26-19-22-10-12-8-14(18(25)23-17(12)24-19)16-13(5-2-6-15(16)20)11-4-3-7-21-9-11/h2-10H,1H3,(H,22,23,24,25). The molecule has 0 saturated carbocycles. The van der Waals surface area contributed by atoms with Gasteiger partial charge in [-0.1, -0.05) is 41.6 Å². The van der Waals surface area contributed by atoms with Crippen molar-refractivity contribution in [2.24, 2.45) is 0 Å². The van der Waals surface area contributed by atoms with E-state index in [1.54, 1.807) is 30.7 Å². The highest BCUT2D eigenvalue weighted by Gasteiger charge is 2.16. The first-order valence-electron chi connectivity index (χ1n) is 7.80. The largest absolute Gasteiger partial charge is 0.306 e. The van der Waals surface area contributed by atoms with E-state index in [9.17, 15) is 4.79 Å². The van der Waals surface area contributed by atoms with Crippen LogP contribution in [0.5, 0.6) is 0 Å². The molecule has 0 fully saturated rings. The number of aromatic amines is 1. The fourth-order valence-corrected chi connectivity index (χ4v) is 3.44. The van der Waals surface area contributed by atoms with Crippen molar-refractivity contribution < 1.29 is 0 Å². The van der Waals surface area contributed by atoms with E-state index in [1.807, 2.05) is 30.5 Å². The Morgan fingerprint density at radius 2 is 2.00 bits per heavy atom. The van der Waals surface area contributed by atoms with E-state index >= 15 is 0 Å². The van der Waals surface area contributed by atoms with Crippen molar-refractivity contribution in [3.8, 4) is 22.3 Å². The van der Waals surface area contributed by atoms with Crippen molar-refractivity contribution in [2.75, 3.05) is 6.26 Å². The van der Waals surface area contributed by atoms with Gasteiger partial charge in [-0.15, -0.1) is 0 Å². The van der Waals surface area contributed by atoms with Crippen LogP contribution in [0.2, 0.25) is 5.02 Å². The summed E-state index contributed by atoms with van der Waals surface area (Å²) in [7, 11) is 0. The van der Waals surface area contributed by atoms with E-state index in [-0.39, 0.29) is 5.56 Å². The van der Waals surface area contributed by atoms with Crippen molar-refractivity contribution in [3.63, 3.8) is 0 Å². The average molecular weight is 381 g/mol. The Labute approximate surface area is 158 Å². The van der Waals surface area contributed by atoms with Crippen molar-refractivity contribution in [1.29, 1.82) is 0 Å². The minimum Gasteiger partial charge on any atom is -0.306 e. The Hall–Kier alpha value is -2.70. The first-order valence-corrected chi connectivity index (χ1v) is 9.41. The van der Waals surface area contributed by atoms with Gasteiger partial charge in [-0.05, 0) is 30.0 Å². The number of H-pyrrole nitrogens is 1. The number of pyridine rings is 2. The Balaban J connectivity index is 1.99. The molecule has 4 rings (SSSR count). The van der Waals surface area contributed by atoms with Crippen LogP contribution in [0.15, 0.2) is 64.9 Å². The molecule has 0 atom stereocenters. The number of thioether (sulfide) groups is 1. The highest BCUT2D eigenvalue weighted by molar-refractivity contribution is 7.98. The number of hydrogen-bond donors (Lipinski definition) is 1. The Morgan fingerprint density at radius 1 is 1.12 bits per heavy atom. The SMILES string of the molecule is CSc1ncc2cc(-c3c(Cl)cccc3-c3cccnc3)c(=O)[nH]c2n1. The quantitative estimate of drug-likeness (QED) is 0.420. The Morgan fingerprint density at radius 3 is 2.77 bits per heavy atom. The van der Waals surface area contributed by atoms with Crippen LogP contribution in [0.1, 0.15) is 0 Å². The molecule has 1 aromatic carbocycles. The van der Waals surface area contributed by atoms with E-state index in [2.05, 4.69) is 19.9 Å². The Bertz CT molecular complexity index is 1160. The number of rotatable bonds is 3. The van der Waals surface area contributed by atoms with Crippen molar-refractivity contribution in [2.45, 2.75) is 5.16 Å². The Kier molecular flexibility index (Phi) is 4.44. The van der Waals surface area contributed by atoms with Crippen LogP contribution in [-0.4, -0.2) is 26.2 Å². The first kappa shape index (κ1) is 16.8. The van der Waals surface area contributed by atoms with Gasteiger partial charge in [0.1, 0.15) is 5.65 Å². The van der Waals surface area contributed by atoms with Crippen molar-refractivity contribution in [1.82, 2.24) is 19.9 Å². The molecule has 0 aliphatic heterocycles. The van der Waals surface area contributed by atoms with Crippen LogP contribution >= 0.6 is 23.4 Å². The van der Waals surface area contributed by atoms with Gasteiger partial charge in [0.05, 0.1) is 0 Å². The maximum atomic E-state index is 12.8. The number of nitrogens with one attached hydrogen (secondary N) is 1. The lowest BCUT2D eigenvalue weighted by atomic mass is 9.96. The van der Waals surface area contributed by atoms with E-state index in [1.165, 1.54) is 11.8 Å². The zero-order chi connectivity index (χ0) is 18.1. The highest BCUT2D eigenvalue weighted by Crippen LogP contribution is 2.36. The second-order valence-corrected chi connectivity index (χ2v) is 6.76. The van der Waals surface area contributed by atoms with Gasteiger partial charge in [-0.2, -0.15) is 0 Å². The fourth-order valence-electron chi connectivity index (χ4n) is 2.82. The summed E-state index contributed by atoms with van der Waals surface area (Å²) in [5, 5.41) is 1.85. The predicted molar refractivity (Wildman–Crippen MR) is 106 cm³/mol. The zero-order valence-corrected chi connectivity index (χ0v) is 15.3. The molecule has 3 aromatic heterocycles. The lowest BCUT2D eigenvalue weighted by Crippen LogP contribution is -2.11. The number of nitrogens with zero attached hydrogens (tertiary/aromatic N) is 3. The summed E-state index contributed by atoms with van der Waals surface area (Å²) in [5.74, 6) is 0. The lowest BCUT2D eigenvalue weighted by molar-refractivity contribution is 0.988. The smallest absolute Gasteiger partial charge is 0.257 e. The van der Waals surface area contributed by atoms with Gasteiger partial charge < -0.3 is 4.98 Å². The summed E-state index contributed by atoms with van der Waals surface area (Å²) in [6.07, 6.45) is 7.04. The normalized spacial score (nSPS) is 11.0. The zero-order valence-electron chi connectivity index (χ0n) is 13.7. The third-order valence-electron chi connectivity index (χ3n) is 4.01. The average Bonchev–Trinajstić information content (AvgIpc) is 2.68. The molecule has 7 heteroatoms. The third-order valence-corrected chi connectivity index (χ3v) is 4.89. The molecule has 3 heterocycles. The second-order valence-electron chi connectivity index (χ2n) is 5.58. The molecule has 1 N–H and O–H groups in total. The molecule has 26 heavy (non-hydrogen) atoms. The van der Waals surface area contributed by atoms with Crippen LogP contribution < -0.4 is 5.56 Å². The summed E-state index contributed by atoms with van der Waals surface area (Å²) in [5.41, 5.74) is 3.13. The van der Waals surface area contributed by atoms with E-state index in [0.717, 1.165) is 16.5 Å². The van der Waals surface area contributed by atoms with E-state index in [0.29, 0.717) is 27.0 Å². The lowest BCUT2D eigenvalue weighted by Gasteiger charge is -2.12. The van der Waals surface area contributed by atoms with Crippen LogP contribution in [0.25, 0.3) is 33.3 Å². The maximum absolute atomic E-state index is 12.8. The summed E-state index contributed by atoms with van der Waals surface area (Å²) in [6, 6.07) is 11.1. The minimum atomic E-state index is -0.249. The molecule has 0 saturated heterocycles. The van der Waals surface area contributed by atoms with Crippen molar-refractivity contribution in [3.05, 3.63) is 70.4 Å². The molecular formula is C19H13ClN4OS. The highest BCUT2D eigenvalue weighted by atomic mass is 35.5. The summed E-state index contributed by atoms with van der Waals surface area (Å²) in [4.78, 5) is 28.4. The molecule has 0 aliphatic carbocycles. The van der Waals surface area contributed by atoms with Crippen LogP contribution in [-0.2, 0) is 0 Å². The van der Waals surface area contributed by atoms with Gasteiger partial charge in [0.2, 0.25) is 0 Å². The molecule has 0 amide bonds. The van der Waals surface area contributed by atoms with Gasteiger partial charge in [0.25, 0.3) is 5.56 Å². The van der Waals surface area contributed by atoms with E-state index < -0.39 is 0 Å². The summed E-state index contributed by atoms with van der Waals surface area (Å²) >= 11 is 7.90. The number of fused-ring (bicyclic) bond motifs is 1. The molecular weight excluding hydrogens is 368 g/mol. The monoisotopic (exact) mass is 380 g/mol. The summed E-state index contributed by atoms with van der Waals surface area (Å²) in [6.45, 7) is 0. The molecule has 4 aromatic rings. The third kappa shape index (κ3) is 2.98. The minimum absolute atomic E-state index is 0.249. The van der Waals surface area contributed by atoms with Gasteiger partial charge in [0.15, 0.2) is 5.16 Å². The first-order chi connectivity index (χ1) is 12.7. The van der Waals surface area contributed by atoms with Crippen LogP contribution in [0, 0.1) is 0 Å². The molecule has 5 nitrogen and oxygen atoms in total. The molecule has 128 valence electrons. The summed E-state index contributed by atoms with van der Waals surface area (Å²) < 4.78 is 0. The number of halogens is 1. The van der Waals surface area contributed by atoms with Gasteiger partial charge >= 0.3 is 0 Å². The topological polar surface area (TPSA) is 71.5 Å².